The molecule has 1 atom stereocenters. The molecule has 0 bridgehead atoms. The summed E-state index contributed by atoms with van der Waals surface area (Å²) in [5.74, 6) is 1.33. The number of benzene rings is 1. The second-order valence-electron chi connectivity index (χ2n) is 3.84. The van der Waals surface area contributed by atoms with E-state index >= 15 is 0 Å². The van der Waals surface area contributed by atoms with Crippen LogP contribution in [0.2, 0.25) is 0 Å². The maximum Gasteiger partial charge on any atom is 0.124 e. The van der Waals surface area contributed by atoms with Crippen LogP contribution >= 0.6 is 27.5 Å². The zero-order chi connectivity index (χ0) is 11.4. The quantitative estimate of drug-likeness (QED) is 0.792. The monoisotopic (exact) mass is 304 g/mol. The Labute approximate surface area is 109 Å². The van der Waals surface area contributed by atoms with Crippen LogP contribution in [0.1, 0.15) is 18.4 Å². The van der Waals surface area contributed by atoms with Crippen LogP contribution < -0.4 is 4.74 Å². The lowest BCUT2D eigenvalue weighted by Crippen LogP contribution is -2.28. The van der Waals surface area contributed by atoms with Crippen LogP contribution in [0.3, 0.4) is 0 Å². The Morgan fingerprint density at radius 1 is 1.50 bits per heavy atom. The van der Waals surface area contributed by atoms with E-state index in [2.05, 4.69) is 15.9 Å². The van der Waals surface area contributed by atoms with Crippen molar-refractivity contribution in [3.05, 3.63) is 28.2 Å². The van der Waals surface area contributed by atoms with Crippen molar-refractivity contribution in [3.63, 3.8) is 0 Å². The maximum atomic E-state index is 5.90. The molecule has 2 rings (SSSR count). The molecule has 1 fully saturated rings. The molecular weight excluding hydrogens is 291 g/mol. The highest BCUT2D eigenvalue weighted by Gasteiger charge is 2.16. The smallest absolute Gasteiger partial charge is 0.124 e. The van der Waals surface area contributed by atoms with Gasteiger partial charge in [-0.15, -0.1) is 11.6 Å². The van der Waals surface area contributed by atoms with Gasteiger partial charge in [0.15, 0.2) is 0 Å². The number of alkyl halides is 1. The summed E-state index contributed by atoms with van der Waals surface area (Å²) in [5, 5.41) is 0. The van der Waals surface area contributed by atoms with Crippen LogP contribution in [0.4, 0.5) is 0 Å². The topological polar surface area (TPSA) is 18.5 Å². The molecule has 1 aromatic rings. The molecule has 1 aromatic carbocycles. The third-order valence-electron chi connectivity index (χ3n) is 2.58. The van der Waals surface area contributed by atoms with Crippen LogP contribution in [0.5, 0.6) is 5.75 Å². The van der Waals surface area contributed by atoms with E-state index in [4.69, 9.17) is 21.1 Å². The molecule has 16 heavy (non-hydrogen) atoms. The lowest BCUT2D eigenvalue weighted by Gasteiger charge is -2.24. The zero-order valence-corrected chi connectivity index (χ0v) is 11.3. The minimum atomic E-state index is 0.164. The van der Waals surface area contributed by atoms with Gasteiger partial charge in [-0.1, -0.05) is 15.9 Å². The predicted molar refractivity (Wildman–Crippen MR) is 68.2 cm³/mol. The molecule has 1 saturated heterocycles. The van der Waals surface area contributed by atoms with Crippen molar-refractivity contribution < 1.29 is 9.47 Å². The summed E-state index contributed by atoms with van der Waals surface area (Å²) in [5.41, 5.74) is 1.02. The van der Waals surface area contributed by atoms with Gasteiger partial charge in [0.1, 0.15) is 11.9 Å². The van der Waals surface area contributed by atoms with Gasteiger partial charge in [0.05, 0.1) is 12.5 Å². The van der Waals surface area contributed by atoms with E-state index < -0.39 is 0 Å². The number of ether oxygens (including phenoxy) is 2. The van der Waals surface area contributed by atoms with Crippen molar-refractivity contribution in [2.45, 2.75) is 24.8 Å². The van der Waals surface area contributed by atoms with Crippen LogP contribution in [-0.2, 0) is 10.6 Å². The first-order chi connectivity index (χ1) is 7.79. The second kappa shape index (κ2) is 5.89. The minimum Gasteiger partial charge on any atom is -0.488 e. The summed E-state index contributed by atoms with van der Waals surface area (Å²) < 4.78 is 12.3. The summed E-state index contributed by atoms with van der Waals surface area (Å²) in [7, 11) is 0. The molecule has 0 aliphatic carbocycles. The summed E-state index contributed by atoms with van der Waals surface area (Å²) in [6, 6.07) is 5.91. The van der Waals surface area contributed by atoms with Crippen molar-refractivity contribution in [2.75, 3.05) is 13.2 Å². The van der Waals surface area contributed by atoms with Crippen LogP contribution in [-0.4, -0.2) is 19.3 Å². The van der Waals surface area contributed by atoms with Crippen LogP contribution in [0.25, 0.3) is 0 Å². The van der Waals surface area contributed by atoms with E-state index in [1.54, 1.807) is 0 Å². The number of rotatable bonds is 3. The minimum absolute atomic E-state index is 0.164. The Kier molecular flexibility index (Phi) is 4.50. The largest absolute Gasteiger partial charge is 0.488 e. The highest BCUT2D eigenvalue weighted by Crippen LogP contribution is 2.26. The molecule has 1 unspecified atom stereocenters. The molecule has 4 heteroatoms. The molecule has 0 amide bonds. The number of hydrogen-bond acceptors (Lipinski definition) is 2. The van der Waals surface area contributed by atoms with Gasteiger partial charge in [0, 0.05) is 16.6 Å². The molecule has 1 aliphatic rings. The highest BCUT2D eigenvalue weighted by atomic mass is 79.9. The summed E-state index contributed by atoms with van der Waals surface area (Å²) in [6.45, 7) is 1.53. The van der Waals surface area contributed by atoms with Crippen molar-refractivity contribution in [1.29, 1.82) is 0 Å². The standard InChI is InChI=1S/C12H14BrClO2/c13-10-3-4-12(9(6-10)7-14)16-11-2-1-5-15-8-11/h3-4,6,11H,1-2,5,7-8H2. The Morgan fingerprint density at radius 3 is 3.06 bits per heavy atom. The maximum absolute atomic E-state index is 5.90. The van der Waals surface area contributed by atoms with E-state index in [-0.39, 0.29) is 6.10 Å². The third kappa shape index (κ3) is 3.12. The van der Waals surface area contributed by atoms with Gasteiger partial charge in [-0.05, 0) is 31.0 Å². The number of hydrogen-bond donors (Lipinski definition) is 0. The molecule has 0 N–H and O–H groups in total. The molecule has 88 valence electrons. The van der Waals surface area contributed by atoms with Crippen LogP contribution in [0.15, 0.2) is 22.7 Å². The Hall–Kier alpha value is -0.250. The van der Waals surface area contributed by atoms with Gasteiger partial charge in [-0.2, -0.15) is 0 Å². The van der Waals surface area contributed by atoms with Crippen molar-refractivity contribution in [3.8, 4) is 5.75 Å². The fraction of sp³-hybridized carbons (Fsp3) is 0.500. The van der Waals surface area contributed by atoms with E-state index in [1.807, 2.05) is 18.2 Å². The Bertz CT molecular complexity index is 351. The number of halogens is 2. The first-order valence-electron chi connectivity index (χ1n) is 5.38. The van der Waals surface area contributed by atoms with Gasteiger partial charge in [0.25, 0.3) is 0 Å². The van der Waals surface area contributed by atoms with Gasteiger partial charge in [0.2, 0.25) is 0 Å². The average molecular weight is 306 g/mol. The van der Waals surface area contributed by atoms with Crippen molar-refractivity contribution in [1.82, 2.24) is 0 Å². The Morgan fingerprint density at radius 2 is 2.38 bits per heavy atom. The summed E-state index contributed by atoms with van der Waals surface area (Å²) in [6.07, 6.45) is 2.28. The van der Waals surface area contributed by atoms with E-state index in [9.17, 15) is 0 Å². The SMILES string of the molecule is ClCc1cc(Br)ccc1OC1CCCOC1. The molecule has 0 saturated carbocycles. The van der Waals surface area contributed by atoms with Crippen molar-refractivity contribution in [2.24, 2.45) is 0 Å². The lowest BCUT2D eigenvalue weighted by molar-refractivity contribution is 0.00712. The van der Waals surface area contributed by atoms with Gasteiger partial charge in [-0.25, -0.2) is 0 Å². The summed E-state index contributed by atoms with van der Waals surface area (Å²) >= 11 is 9.31. The highest BCUT2D eigenvalue weighted by molar-refractivity contribution is 9.10. The zero-order valence-electron chi connectivity index (χ0n) is 8.92. The molecular formula is C12H14BrClO2. The first-order valence-corrected chi connectivity index (χ1v) is 6.71. The first kappa shape index (κ1) is 12.2. The van der Waals surface area contributed by atoms with E-state index in [0.29, 0.717) is 12.5 Å². The van der Waals surface area contributed by atoms with Gasteiger partial charge in [-0.3, -0.25) is 0 Å². The summed E-state index contributed by atoms with van der Waals surface area (Å²) in [4.78, 5) is 0. The normalized spacial score (nSPS) is 20.8. The van der Waals surface area contributed by atoms with Crippen molar-refractivity contribution >= 4 is 27.5 Å². The van der Waals surface area contributed by atoms with Gasteiger partial charge < -0.3 is 9.47 Å². The van der Waals surface area contributed by atoms with Gasteiger partial charge >= 0.3 is 0 Å². The molecule has 0 spiro atoms. The second-order valence-corrected chi connectivity index (χ2v) is 5.03. The molecule has 0 radical (unpaired) electrons. The predicted octanol–water partition coefficient (Wildman–Crippen LogP) is 3.75. The lowest BCUT2D eigenvalue weighted by atomic mass is 10.1. The van der Waals surface area contributed by atoms with E-state index in [0.717, 1.165) is 35.2 Å². The molecule has 1 heterocycles. The Balaban J connectivity index is 2.07. The molecule has 1 aliphatic heterocycles. The third-order valence-corrected chi connectivity index (χ3v) is 3.36. The van der Waals surface area contributed by atoms with Crippen LogP contribution in [0, 0.1) is 0 Å². The fourth-order valence-corrected chi connectivity index (χ4v) is 2.37. The molecule has 0 aromatic heterocycles. The molecule has 2 nitrogen and oxygen atoms in total. The average Bonchev–Trinajstić information content (AvgIpc) is 2.33. The fourth-order valence-electron chi connectivity index (χ4n) is 1.75. The van der Waals surface area contributed by atoms with E-state index in [1.165, 1.54) is 0 Å².